The number of benzene rings is 7. The van der Waals surface area contributed by atoms with Gasteiger partial charge >= 0.3 is 18.1 Å². The summed E-state index contributed by atoms with van der Waals surface area (Å²) < 4.78 is 10.1. The minimum absolute atomic E-state index is 0. The standard InChI is InChI=1S/C46H45N9O5.C43H48N8O4.CH4/c1-3-23-53-30-42(57)54-39(24-31-17-20-36(56)21-18-31)44(58)52(29-41(54)55(53)46(60)48-25-32-11-6-4-7-12-32)27-34-13-10-16-37-38(28-51(2)43(34)37)33-19-22-40(47-26-33)50-45(59)49-35-14-8-5-9-15-35;1-6-21-49-28-39(52)50-36(22-29-15-18-33(19-16-29)55-43(2,3)4)41(53)48(27-38(50)51(49)42(54)46-23-30-11-8-7-9-12-30)25-32-13-10-14-34-35(26-47(5)40(32)34)31-17-20-37(44)45-24-31;/h3-22,26,28,39,41,56H,1,23-25,27,29-30H2,2H3,(H,48,60)(H2,47,49,50,59);6-20,24,26,36,38H,1,21-23,25,27-28H2,2-5H3,(H2,44,45)(H,46,54);1H4/t39-,41-;36-,38-;/m00./s1. The minimum atomic E-state index is -0.924. The number of aryl methyl sites for hydroxylation is 2. The van der Waals surface area contributed by atoms with Gasteiger partial charge in [0.05, 0.1) is 37.2 Å². The number of para-hydroxylation sites is 3. The number of aromatic nitrogens is 4. The molecular formula is C90H97N17O9. The predicted molar refractivity (Wildman–Crippen MR) is 449 cm³/mol. The largest absolute Gasteiger partial charge is 0.508 e. The van der Waals surface area contributed by atoms with Gasteiger partial charge in [0.1, 0.15) is 53.2 Å². The number of hydrogen-bond acceptors (Lipinski definition) is 14. The summed E-state index contributed by atoms with van der Waals surface area (Å²) in [6.07, 6.45) is 9.72. The van der Waals surface area contributed by atoms with Crippen molar-refractivity contribution in [3.05, 3.63) is 284 Å². The molecule has 7 aromatic carbocycles. The van der Waals surface area contributed by atoms with Crippen LogP contribution in [0.2, 0.25) is 0 Å². The Morgan fingerprint density at radius 2 is 0.991 bits per heavy atom. The fourth-order valence-electron chi connectivity index (χ4n) is 15.7. The van der Waals surface area contributed by atoms with Crippen LogP contribution >= 0.6 is 0 Å². The number of nitrogens with two attached hydrogens (primary N) is 1. The molecule has 15 rings (SSSR count). The summed E-state index contributed by atoms with van der Waals surface area (Å²) in [7, 11) is 3.94. The molecule has 0 aliphatic carbocycles. The number of phenolic OH excluding ortho intramolecular Hbond substituents is 1. The molecule has 4 saturated heterocycles. The topological polar surface area (TPSA) is 285 Å². The highest BCUT2D eigenvalue weighted by Gasteiger charge is 2.53. The first-order chi connectivity index (χ1) is 55.6. The van der Waals surface area contributed by atoms with E-state index < -0.39 is 36.5 Å². The van der Waals surface area contributed by atoms with Gasteiger partial charge in [-0.25, -0.2) is 44.4 Å². The number of piperazine rings is 2. The SMILES string of the molecule is C.C=CCN1CC(=O)N2[C@@H](Cc3ccc(O)cc3)C(=O)N(Cc3cccc4c(-c5ccc(NC(=O)Nc6ccccc6)nc5)cn(C)c34)C[C@@H]2N1C(=O)NCc1ccccc1.C=CCN1CC(=O)N2[C@@H](Cc3ccc(OC(C)(C)C)cc3)C(=O)N(Cc3cccc4c(-c5ccc(N)nc5)cn(C)c34)C[C@@H]2N1C(=O)NCc1ccccc1. The van der Waals surface area contributed by atoms with Crippen molar-refractivity contribution in [2.75, 3.05) is 55.6 Å². The Labute approximate surface area is 674 Å². The number of carbonyl (C=O) groups is 7. The van der Waals surface area contributed by atoms with E-state index in [1.807, 2.05) is 191 Å². The number of rotatable bonds is 21. The van der Waals surface area contributed by atoms with E-state index in [9.17, 15) is 38.7 Å². The first-order valence-corrected chi connectivity index (χ1v) is 38.2. The third kappa shape index (κ3) is 17.9. The van der Waals surface area contributed by atoms with Gasteiger partial charge in [-0.2, -0.15) is 0 Å². The molecule has 26 nitrogen and oxygen atoms in total. The van der Waals surface area contributed by atoms with Gasteiger partial charge in [0, 0.05) is 130 Å². The smallest absolute Gasteiger partial charge is 0.334 e. The van der Waals surface area contributed by atoms with Crippen LogP contribution in [0.5, 0.6) is 11.5 Å². The third-order valence-electron chi connectivity index (χ3n) is 20.8. The highest BCUT2D eigenvalue weighted by Crippen LogP contribution is 2.38. The van der Waals surface area contributed by atoms with Gasteiger partial charge < -0.3 is 60.3 Å². The van der Waals surface area contributed by atoms with Crippen molar-refractivity contribution < 1.29 is 43.4 Å². The predicted octanol–water partition coefficient (Wildman–Crippen LogP) is 12.7. The molecule has 4 fully saturated rings. The van der Waals surface area contributed by atoms with Crippen LogP contribution in [0.4, 0.5) is 31.7 Å². The Kier molecular flexibility index (Phi) is 24.4. The Balaban J connectivity index is 0.000000201. The van der Waals surface area contributed by atoms with Crippen LogP contribution in [0, 0.1) is 0 Å². The lowest BCUT2D eigenvalue weighted by atomic mass is 9.97. The number of fused-ring (bicyclic) bond motifs is 4. The number of urea groups is 3. The average molecular weight is 1560 g/mol. The van der Waals surface area contributed by atoms with Crippen molar-refractivity contribution in [1.82, 2.24) is 69.4 Å². The number of aromatic hydroxyl groups is 1. The monoisotopic (exact) mass is 1560 g/mol. The van der Waals surface area contributed by atoms with E-state index in [4.69, 9.17) is 10.5 Å². The maximum atomic E-state index is 14.8. The third-order valence-corrected chi connectivity index (χ3v) is 20.8. The number of nitrogens with one attached hydrogen (secondary N) is 4. The molecule has 0 saturated carbocycles. The van der Waals surface area contributed by atoms with Crippen LogP contribution in [-0.4, -0.2) is 175 Å². The maximum Gasteiger partial charge on any atom is 0.334 e. The second-order valence-corrected chi connectivity index (χ2v) is 30.0. The molecule has 10 amide bonds. The van der Waals surface area contributed by atoms with E-state index in [0.717, 1.165) is 77.4 Å². The van der Waals surface area contributed by atoms with Gasteiger partial charge in [-0.15, -0.1) is 13.2 Å². The molecule has 4 aromatic heterocycles. The number of phenols is 1. The highest BCUT2D eigenvalue weighted by atomic mass is 16.5. The summed E-state index contributed by atoms with van der Waals surface area (Å²) in [6, 6.07) is 59.1. The molecule has 0 unspecified atom stereocenters. The molecule has 0 radical (unpaired) electrons. The molecule has 596 valence electrons. The van der Waals surface area contributed by atoms with E-state index in [1.165, 1.54) is 0 Å². The molecule has 4 aliphatic rings. The van der Waals surface area contributed by atoms with Crippen LogP contribution in [-0.2, 0) is 72.3 Å². The van der Waals surface area contributed by atoms with Crippen molar-refractivity contribution in [2.45, 2.75) is 97.2 Å². The van der Waals surface area contributed by atoms with Gasteiger partial charge in [0.25, 0.3) is 0 Å². The minimum Gasteiger partial charge on any atom is -0.508 e. The molecule has 0 bridgehead atoms. The number of carbonyl (C=O) groups excluding carboxylic acids is 7. The summed E-state index contributed by atoms with van der Waals surface area (Å²) in [5.41, 5.74) is 17.0. The molecule has 116 heavy (non-hydrogen) atoms. The number of nitrogens with zero attached hydrogens (tertiary/aromatic N) is 12. The van der Waals surface area contributed by atoms with Crippen molar-refractivity contribution in [3.63, 3.8) is 0 Å². The Hall–Kier alpha value is -13.6. The number of ether oxygens (including phenoxy) is 1. The summed E-state index contributed by atoms with van der Waals surface area (Å²) in [4.78, 5) is 114. The van der Waals surface area contributed by atoms with Gasteiger partial charge in [0.15, 0.2) is 0 Å². The van der Waals surface area contributed by atoms with Gasteiger partial charge in [0.2, 0.25) is 23.6 Å². The maximum absolute atomic E-state index is 14.8. The van der Waals surface area contributed by atoms with Crippen LogP contribution in [0.3, 0.4) is 0 Å². The van der Waals surface area contributed by atoms with Crippen LogP contribution < -0.4 is 31.7 Å². The fraction of sp³-hybridized carbons (Fsp3) is 0.256. The van der Waals surface area contributed by atoms with Gasteiger partial charge in [-0.1, -0.05) is 159 Å². The Morgan fingerprint density at radius 3 is 1.42 bits per heavy atom. The number of hydrazine groups is 2. The fourth-order valence-corrected chi connectivity index (χ4v) is 15.7. The number of anilines is 3. The summed E-state index contributed by atoms with van der Waals surface area (Å²) in [5, 5.41) is 30.2. The quantitative estimate of drug-likeness (QED) is 0.0365. The van der Waals surface area contributed by atoms with E-state index >= 15 is 0 Å². The molecule has 11 aromatic rings. The molecule has 4 atom stereocenters. The number of pyridine rings is 2. The molecule has 26 heteroatoms. The molecule has 0 spiro atoms. The van der Waals surface area contributed by atoms with Gasteiger partial charge in [-0.05, 0) is 115 Å². The average Bonchev–Trinajstić information content (AvgIpc) is 0.770. The molecular weight excluding hydrogens is 1460 g/mol. The number of nitrogen functional groups attached to an aromatic ring is 1. The lowest BCUT2D eigenvalue weighted by Crippen LogP contribution is -2.76. The van der Waals surface area contributed by atoms with Crippen LogP contribution in [0.15, 0.2) is 250 Å². The first-order valence-electron chi connectivity index (χ1n) is 38.2. The first kappa shape index (κ1) is 80.5. The van der Waals surface area contributed by atoms with E-state index in [2.05, 4.69) is 61.2 Å². The van der Waals surface area contributed by atoms with Crippen molar-refractivity contribution in [1.29, 1.82) is 0 Å². The Morgan fingerprint density at radius 1 is 0.543 bits per heavy atom. The molecule has 4 aliphatic heterocycles. The Bertz CT molecular complexity index is 5390. The van der Waals surface area contributed by atoms with Crippen LogP contribution in [0.1, 0.15) is 61.6 Å². The van der Waals surface area contributed by atoms with Crippen molar-refractivity contribution in [3.8, 4) is 33.8 Å². The highest BCUT2D eigenvalue weighted by molar-refractivity contribution is 6.02. The van der Waals surface area contributed by atoms with Crippen LogP contribution in [0.25, 0.3) is 44.1 Å². The second-order valence-electron chi connectivity index (χ2n) is 30.0. The molecule has 7 N–H and O–H groups in total. The molecule has 8 heterocycles. The van der Waals surface area contributed by atoms with E-state index in [-0.39, 0.29) is 120 Å². The zero-order valence-corrected chi connectivity index (χ0v) is 64.9. The summed E-state index contributed by atoms with van der Waals surface area (Å²) >= 11 is 0. The van der Waals surface area contributed by atoms with Crippen molar-refractivity contribution >= 4 is 80.9 Å². The normalized spacial score (nSPS) is 17.0. The van der Waals surface area contributed by atoms with Crippen molar-refractivity contribution in [2.24, 2.45) is 14.1 Å². The summed E-state index contributed by atoms with van der Waals surface area (Å²) in [5.74, 6) is 0.715. The second kappa shape index (κ2) is 35.2. The zero-order chi connectivity index (χ0) is 80.6. The van der Waals surface area contributed by atoms with E-state index in [1.54, 1.807) is 113 Å². The summed E-state index contributed by atoms with van der Waals surface area (Å²) in [6.45, 7) is 15.3. The van der Waals surface area contributed by atoms with E-state index in [0.29, 0.717) is 29.6 Å². The van der Waals surface area contributed by atoms with Gasteiger partial charge in [-0.3, -0.25) is 24.5 Å². The number of hydrogen-bond donors (Lipinski definition) is 6. The number of amides is 10. The lowest BCUT2D eigenvalue weighted by Gasteiger charge is -2.55. The zero-order valence-electron chi connectivity index (χ0n) is 64.9. The lowest BCUT2D eigenvalue weighted by molar-refractivity contribution is -0.189.